The first-order valence-corrected chi connectivity index (χ1v) is 7.60. The van der Waals surface area contributed by atoms with Crippen LogP contribution in [0.5, 0.6) is 0 Å². The topological polar surface area (TPSA) is 60.7 Å². The van der Waals surface area contributed by atoms with Crippen molar-refractivity contribution in [2.24, 2.45) is 0 Å². The van der Waals surface area contributed by atoms with Gasteiger partial charge in [-0.3, -0.25) is 0 Å². The summed E-state index contributed by atoms with van der Waals surface area (Å²) in [4.78, 5) is 16.7. The Morgan fingerprint density at radius 2 is 1.75 bits per heavy atom. The molecule has 0 spiro atoms. The molecule has 3 rings (SSSR count). The van der Waals surface area contributed by atoms with Crippen LogP contribution in [0.3, 0.4) is 0 Å². The van der Waals surface area contributed by atoms with Gasteiger partial charge in [0, 0.05) is 21.2 Å². The van der Waals surface area contributed by atoms with Crippen molar-refractivity contribution in [3.8, 4) is 0 Å². The van der Waals surface area contributed by atoms with E-state index in [1.807, 2.05) is 24.3 Å². The number of nitrogens with one attached hydrogen (secondary N) is 3. The number of hydrogen-bond donors (Lipinski definition) is 3. The Bertz CT molecular complexity index is 823. The highest BCUT2D eigenvalue weighted by molar-refractivity contribution is 9.13. The van der Waals surface area contributed by atoms with Crippen molar-refractivity contribution < 1.29 is 0 Å². The van der Waals surface area contributed by atoms with Gasteiger partial charge in [-0.15, -0.1) is 0 Å². The van der Waals surface area contributed by atoms with Crippen LogP contribution in [0.15, 0.2) is 50.1 Å². The first-order chi connectivity index (χ1) is 9.61. The van der Waals surface area contributed by atoms with Crippen molar-refractivity contribution in [2.45, 2.75) is 6.54 Å². The van der Waals surface area contributed by atoms with Gasteiger partial charge in [0.25, 0.3) is 0 Å². The van der Waals surface area contributed by atoms with Gasteiger partial charge in [0.05, 0.1) is 11.0 Å². The van der Waals surface area contributed by atoms with Gasteiger partial charge in [0.2, 0.25) is 0 Å². The molecule has 1 aromatic heterocycles. The first kappa shape index (κ1) is 13.5. The highest BCUT2D eigenvalue weighted by Gasteiger charge is 2.01. The minimum Gasteiger partial charge on any atom is -0.381 e. The Morgan fingerprint density at radius 1 is 0.950 bits per heavy atom. The molecule has 0 aliphatic carbocycles. The Labute approximate surface area is 131 Å². The molecule has 2 aromatic carbocycles. The van der Waals surface area contributed by atoms with E-state index in [0.717, 1.165) is 25.7 Å². The first-order valence-electron chi connectivity index (χ1n) is 6.02. The average molecular weight is 397 g/mol. The lowest BCUT2D eigenvalue weighted by atomic mass is 10.2. The fourth-order valence-electron chi connectivity index (χ4n) is 2.00. The van der Waals surface area contributed by atoms with Crippen LogP contribution in [0.1, 0.15) is 5.56 Å². The van der Waals surface area contributed by atoms with E-state index >= 15 is 0 Å². The normalized spacial score (nSPS) is 10.9. The Kier molecular flexibility index (Phi) is 3.67. The summed E-state index contributed by atoms with van der Waals surface area (Å²) in [6.07, 6.45) is 0. The van der Waals surface area contributed by atoms with Gasteiger partial charge >= 0.3 is 5.69 Å². The van der Waals surface area contributed by atoms with Crippen LogP contribution in [0.4, 0.5) is 5.69 Å². The molecule has 0 saturated carbocycles. The molecule has 20 heavy (non-hydrogen) atoms. The largest absolute Gasteiger partial charge is 0.381 e. The van der Waals surface area contributed by atoms with Gasteiger partial charge in [0.15, 0.2) is 0 Å². The van der Waals surface area contributed by atoms with Crippen LogP contribution in [0.2, 0.25) is 0 Å². The molecule has 0 radical (unpaired) electrons. The van der Waals surface area contributed by atoms with E-state index in [-0.39, 0.29) is 5.69 Å². The van der Waals surface area contributed by atoms with Crippen LogP contribution < -0.4 is 11.0 Å². The fourth-order valence-corrected chi connectivity index (χ4v) is 2.67. The van der Waals surface area contributed by atoms with Gasteiger partial charge in [-0.05, 0) is 67.8 Å². The molecule has 3 N–H and O–H groups in total. The maximum absolute atomic E-state index is 11.2. The molecule has 0 amide bonds. The smallest absolute Gasteiger partial charge is 0.323 e. The summed E-state index contributed by atoms with van der Waals surface area (Å²) in [5.41, 5.74) is 3.56. The number of fused-ring (bicyclic) bond motifs is 1. The van der Waals surface area contributed by atoms with Crippen molar-refractivity contribution in [1.82, 2.24) is 9.97 Å². The molecule has 102 valence electrons. The molecule has 0 unspecified atom stereocenters. The number of benzene rings is 2. The molecule has 1 heterocycles. The Balaban J connectivity index is 1.78. The molecule has 0 saturated heterocycles. The summed E-state index contributed by atoms with van der Waals surface area (Å²) in [7, 11) is 0. The van der Waals surface area contributed by atoms with Crippen molar-refractivity contribution in [2.75, 3.05) is 5.32 Å². The van der Waals surface area contributed by atoms with Gasteiger partial charge in [-0.2, -0.15) is 0 Å². The molecule has 6 heteroatoms. The number of anilines is 1. The second-order valence-corrected chi connectivity index (χ2v) is 6.15. The maximum atomic E-state index is 11.2. The highest BCUT2D eigenvalue weighted by atomic mass is 79.9. The second kappa shape index (κ2) is 5.46. The third-order valence-electron chi connectivity index (χ3n) is 3.00. The number of rotatable bonds is 3. The van der Waals surface area contributed by atoms with Crippen molar-refractivity contribution >= 4 is 48.6 Å². The van der Waals surface area contributed by atoms with E-state index in [9.17, 15) is 4.79 Å². The predicted molar refractivity (Wildman–Crippen MR) is 88.1 cm³/mol. The van der Waals surface area contributed by atoms with Gasteiger partial charge < -0.3 is 15.3 Å². The summed E-state index contributed by atoms with van der Waals surface area (Å²) in [5.74, 6) is 0. The maximum Gasteiger partial charge on any atom is 0.323 e. The number of aromatic nitrogens is 2. The minimum absolute atomic E-state index is 0.186. The molecule has 0 aliphatic rings. The lowest BCUT2D eigenvalue weighted by Gasteiger charge is -2.07. The van der Waals surface area contributed by atoms with Gasteiger partial charge in [0.1, 0.15) is 0 Å². The fraction of sp³-hybridized carbons (Fsp3) is 0.0714. The highest BCUT2D eigenvalue weighted by Crippen LogP contribution is 2.24. The summed E-state index contributed by atoms with van der Waals surface area (Å²) in [5, 5.41) is 3.34. The molecule has 4 nitrogen and oxygen atoms in total. The molecule has 0 aliphatic heterocycles. The average Bonchev–Trinajstić information content (AvgIpc) is 2.79. The summed E-state index contributed by atoms with van der Waals surface area (Å²) in [6.45, 7) is 0.714. The molecular formula is C14H11Br2N3O. The van der Waals surface area contributed by atoms with Gasteiger partial charge in [-0.1, -0.05) is 6.07 Å². The lowest BCUT2D eigenvalue weighted by molar-refractivity contribution is 1.14. The van der Waals surface area contributed by atoms with Crippen LogP contribution in [-0.2, 0) is 6.54 Å². The molecule has 3 aromatic rings. The van der Waals surface area contributed by atoms with E-state index in [2.05, 4.69) is 59.3 Å². The third kappa shape index (κ3) is 2.81. The quantitative estimate of drug-likeness (QED) is 0.626. The zero-order valence-corrected chi connectivity index (χ0v) is 13.5. The van der Waals surface area contributed by atoms with Crippen LogP contribution in [0, 0.1) is 0 Å². The van der Waals surface area contributed by atoms with Crippen LogP contribution >= 0.6 is 31.9 Å². The number of imidazole rings is 1. The van der Waals surface area contributed by atoms with Crippen molar-refractivity contribution in [3.63, 3.8) is 0 Å². The van der Waals surface area contributed by atoms with E-state index < -0.39 is 0 Å². The van der Waals surface area contributed by atoms with E-state index in [1.165, 1.54) is 5.56 Å². The zero-order chi connectivity index (χ0) is 14.1. The number of hydrogen-bond acceptors (Lipinski definition) is 2. The summed E-state index contributed by atoms with van der Waals surface area (Å²) in [6, 6.07) is 11.9. The zero-order valence-electron chi connectivity index (χ0n) is 10.3. The van der Waals surface area contributed by atoms with E-state index in [1.54, 1.807) is 0 Å². The van der Waals surface area contributed by atoms with E-state index in [0.29, 0.717) is 6.54 Å². The molecule has 0 fully saturated rings. The predicted octanol–water partition coefficient (Wildman–Crippen LogP) is 3.99. The number of halogens is 2. The summed E-state index contributed by atoms with van der Waals surface area (Å²) < 4.78 is 2.06. The SMILES string of the molecule is O=c1[nH]c2ccc(NCc3ccc(Br)c(Br)c3)cc2[nH]1. The van der Waals surface area contributed by atoms with Gasteiger partial charge in [-0.25, -0.2) is 4.79 Å². The third-order valence-corrected chi connectivity index (χ3v) is 4.88. The number of aromatic amines is 2. The van der Waals surface area contributed by atoms with E-state index in [4.69, 9.17) is 0 Å². The number of H-pyrrole nitrogens is 2. The van der Waals surface area contributed by atoms with Crippen LogP contribution in [-0.4, -0.2) is 9.97 Å². The molecule has 0 atom stereocenters. The minimum atomic E-state index is -0.186. The molecule has 0 bridgehead atoms. The standard InChI is InChI=1S/C14H11Br2N3O/c15-10-3-1-8(5-11(10)16)7-17-9-2-4-12-13(6-9)19-14(20)18-12/h1-6,17H,7H2,(H2,18,19,20). The Hall–Kier alpha value is -1.53. The lowest BCUT2D eigenvalue weighted by Crippen LogP contribution is -1.99. The summed E-state index contributed by atoms with van der Waals surface area (Å²) >= 11 is 6.94. The van der Waals surface area contributed by atoms with Crippen molar-refractivity contribution in [1.29, 1.82) is 0 Å². The van der Waals surface area contributed by atoms with Crippen molar-refractivity contribution in [3.05, 3.63) is 61.4 Å². The Morgan fingerprint density at radius 3 is 2.55 bits per heavy atom. The molecular weight excluding hydrogens is 386 g/mol. The second-order valence-electron chi connectivity index (χ2n) is 4.44. The van der Waals surface area contributed by atoms with Crippen LogP contribution in [0.25, 0.3) is 11.0 Å². The monoisotopic (exact) mass is 395 g/mol.